The highest BCUT2D eigenvalue weighted by Crippen LogP contribution is 2.31. The highest BCUT2D eigenvalue weighted by Gasteiger charge is 2.19. The van der Waals surface area contributed by atoms with Crippen molar-refractivity contribution in [3.05, 3.63) is 68.3 Å². The minimum absolute atomic E-state index is 0.0765. The summed E-state index contributed by atoms with van der Waals surface area (Å²) in [6.07, 6.45) is 0. The number of hydrogen-bond acceptors (Lipinski definition) is 7. The van der Waals surface area contributed by atoms with Crippen LogP contribution >= 0.6 is 0 Å². The van der Waals surface area contributed by atoms with Gasteiger partial charge in [0, 0.05) is 11.8 Å². The molecule has 0 amide bonds. The molecular weight excluding hydrogens is 318 g/mol. The summed E-state index contributed by atoms with van der Waals surface area (Å²) in [5, 5.41) is 33.4. The molecule has 0 spiro atoms. The molecule has 0 aliphatic rings. The highest BCUT2D eigenvalue weighted by molar-refractivity contribution is 5.71. The molecule has 0 aromatic heterocycles. The molecule has 2 aromatic carbocycles. The lowest BCUT2D eigenvalue weighted by molar-refractivity contribution is -0.393. The summed E-state index contributed by atoms with van der Waals surface area (Å²) in [5.74, 6) is 0. The average Bonchev–Trinajstić information content (AvgIpc) is 2.55. The van der Waals surface area contributed by atoms with E-state index in [2.05, 4.69) is 5.32 Å². The Balaban J connectivity index is 2.22. The highest BCUT2D eigenvalue weighted by atomic mass is 16.6. The Labute approximate surface area is 136 Å². The number of aliphatic hydroxyl groups is 1. The Morgan fingerprint density at radius 2 is 1.88 bits per heavy atom. The first-order valence-corrected chi connectivity index (χ1v) is 6.98. The predicted octanol–water partition coefficient (Wildman–Crippen LogP) is 2.76. The molecule has 2 rings (SSSR count). The van der Waals surface area contributed by atoms with Crippen molar-refractivity contribution in [3.8, 4) is 0 Å². The van der Waals surface area contributed by atoms with Gasteiger partial charge in [0.05, 0.1) is 35.7 Å². The number of hydrogen-bond donors (Lipinski definition) is 2. The lowest BCUT2D eigenvalue weighted by atomic mass is 10.2. The minimum Gasteiger partial charge on any atom is -0.394 e. The molecule has 2 aromatic rings. The van der Waals surface area contributed by atoms with Crippen molar-refractivity contribution in [3.63, 3.8) is 0 Å². The van der Waals surface area contributed by atoms with Crippen LogP contribution in [0.5, 0.6) is 0 Å². The fourth-order valence-electron chi connectivity index (χ4n) is 2.04. The first kappa shape index (κ1) is 17.3. The Bertz CT molecular complexity index is 750. The smallest absolute Gasteiger partial charge is 0.299 e. The van der Waals surface area contributed by atoms with E-state index >= 15 is 0 Å². The van der Waals surface area contributed by atoms with E-state index in [4.69, 9.17) is 9.84 Å². The van der Waals surface area contributed by atoms with Crippen LogP contribution in [0.1, 0.15) is 5.56 Å². The van der Waals surface area contributed by atoms with Crippen LogP contribution < -0.4 is 5.32 Å². The molecule has 0 bridgehead atoms. The number of non-ortho nitro benzene ring substituents is 1. The van der Waals surface area contributed by atoms with Crippen LogP contribution in [0, 0.1) is 20.2 Å². The van der Waals surface area contributed by atoms with Crippen molar-refractivity contribution >= 4 is 22.7 Å². The number of benzene rings is 2. The van der Waals surface area contributed by atoms with E-state index in [1.54, 1.807) is 18.2 Å². The largest absolute Gasteiger partial charge is 0.394 e. The van der Waals surface area contributed by atoms with Gasteiger partial charge >= 0.3 is 0 Å². The molecule has 2 N–H and O–H groups in total. The Morgan fingerprint density at radius 3 is 2.54 bits per heavy atom. The lowest BCUT2D eigenvalue weighted by Gasteiger charge is -2.09. The van der Waals surface area contributed by atoms with E-state index in [0.717, 1.165) is 11.6 Å². The molecule has 0 saturated heterocycles. The Kier molecular flexibility index (Phi) is 5.77. The summed E-state index contributed by atoms with van der Waals surface area (Å²) in [5.41, 5.74) is 0.818. The van der Waals surface area contributed by atoms with E-state index < -0.39 is 9.85 Å². The molecule has 0 atom stereocenters. The number of anilines is 2. The molecule has 0 aliphatic heterocycles. The van der Waals surface area contributed by atoms with Gasteiger partial charge in [0.2, 0.25) is 0 Å². The van der Waals surface area contributed by atoms with Gasteiger partial charge in [-0.1, -0.05) is 12.1 Å². The first-order valence-electron chi connectivity index (χ1n) is 6.98. The first-order chi connectivity index (χ1) is 11.5. The molecule has 0 fully saturated rings. The summed E-state index contributed by atoms with van der Waals surface area (Å²) in [4.78, 5) is 20.5. The van der Waals surface area contributed by atoms with Crippen LogP contribution in [0.2, 0.25) is 0 Å². The molecule has 0 heterocycles. The lowest BCUT2D eigenvalue weighted by Crippen LogP contribution is -2.01. The summed E-state index contributed by atoms with van der Waals surface area (Å²) in [6.45, 7) is 0.427. The monoisotopic (exact) mass is 333 g/mol. The van der Waals surface area contributed by atoms with Gasteiger partial charge in [-0.25, -0.2) is 0 Å². The third kappa shape index (κ3) is 4.48. The second kappa shape index (κ2) is 7.99. The molecule has 9 nitrogen and oxygen atoms in total. The topological polar surface area (TPSA) is 128 Å². The van der Waals surface area contributed by atoms with Gasteiger partial charge in [-0.3, -0.25) is 20.2 Å². The summed E-state index contributed by atoms with van der Waals surface area (Å²) < 4.78 is 5.22. The van der Waals surface area contributed by atoms with Crippen molar-refractivity contribution in [2.24, 2.45) is 0 Å². The van der Waals surface area contributed by atoms with Crippen LogP contribution in [0.3, 0.4) is 0 Å². The average molecular weight is 333 g/mol. The van der Waals surface area contributed by atoms with Gasteiger partial charge < -0.3 is 15.2 Å². The number of nitro groups is 2. The van der Waals surface area contributed by atoms with Crippen molar-refractivity contribution in [2.45, 2.75) is 6.61 Å². The number of nitrogens with zero attached hydrogens (tertiary/aromatic N) is 2. The van der Waals surface area contributed by atoms with Gasteiger partial charge in [0.1, 0.15) is 5.69 Å². The summed E-state index contributed by atoms with van der Waals surface area (Å²) in [6, 6.07) is 10.4. The number of nitrogens with one attached hydrogen (secondary N) is 1. The Hall–Kier alpha value is -3.04. The van der Waals surface area contributed by atoms with Crippen LogP contribution in [0.15, 0.2) is 42.5 Å². The SMILES string of the molecule is O=[N+]([O-])c1ccc(Nc2cccc(COCCO)c2)c([N+](=O)[O-])c1. The van der Waals surface area contributed by atoms with Gasteiger partial charge in [0.15, 0.2) is 0 Å². The molecule has 0 aliphatic carbocycles. The Morgan fingerprint density at radius 1 is 1.08 bits per heavy atom. The van der Waals surface area contributed by atoms with E-state index in [0.29, 0.717) is 12.3 Å². The van der Waals surface area contributed by atoms with Crippen LogP contribution in [-0.2, 0) is 11.3 Å². The maximum atomic E-state index is 11.1. The number of ether oxygens (including phenoxy) is 1. The molecule has 24 heavy (non-hydrogen) atoms. The van der Waals surface area contributed by atoms with Crippen molar-refractivity contribution in [1.29, 1.82) is 0 Å². The maximum Gasteiger partial charge on any atom is 0.299 e. The fraction of sp³-hybridized carbons (Fsp3) is 0.200. The zero-order valence-corrected chi connectivity index (χ0v) is 12.5. The molecule has 126 valence electrons. The normalized spacial score (nSPS) is 10.4. The molecule has 0 saturated carbocycles. The maximum absolute atomic E-state index is 11.1. The van der Waals surface area contributed by atoms with E-state index in [1.165, 1.54) is 12.1 Å². The molecule has 9 heteroatoms. The fourth-order valence-corrected chi connectivity index (χ4v) is 2.04. The van der Waals surface area contributed by atoms with Crippen molar-refractivity contribution in [2.75, 3.05) is 18.5 Å². The van der Waals surface area contributed by atoms with Gasteiger partial charge in [-0.15, -0.1) is 0 Å². The van der Waals surface area contributed by atoms with E-state index in [-0.39, 0.29) is 30.3 Å². The zero-order chi connectivity index (χ0) is 17.5. The van der Waals surface area contributed by atoms with E-state index in [1.807, 2.05) is 6.07 Å². The third-order valence-corrected chi connectivity index (χ3v) is 3.10. The third-order valence-electron chi connectivity index (χ3n) is 3.10. The second-order valence-corrected chi connectivity index (χ2v) is 4.82. The van der Waals surface area contributed by atoms with Gasteiger partial charge in [-0.2, -0.15) is 0 Å². The van der Waals surface area contributed by atoms with Crippen LogP contribution in [0.25, 0.3) is 0 Å². The number of nitro benzene ring substituents is 2. The van der Waals surface area contributed by atoms with Crippen molar-refractivity contribution < 1.29 is 19.7 Å². The summed E-state index contributed by atoms with van der Waals surface area (Å²) >= 11 is 0. The van der Waals surface area contributed by atoms with Crippen LogP contribution in [-0.4, -0.2) is 28.2 Å². The number of rotatable bonds is 8. The van der Waals surface area contributed by atoms with Crippen molar-refractivity contribution in [1.82, 2.24) is 0 Å². The summed E-state index contributed by atoms with van der Waals surface area (Å²) in [7, 11) is 0. The second-order valence-electron chi connectivity index (χ2n) is 4.82. The van der Waals surface area contributed by atoms with Crippen LogP contribution in [0.4, 0.5) is 22.7 Å². The standard InChI is InChI=1S/C15H15N3O6/c19-6-7-24-10-11-2-1-3-12(8-11)16-14-5-4-13(17(20)21)9-15(14)18(22)23/h1-5,8-9,16,19H,6-7,10H2. The quantitative estimate of drug-likeness (QED) is 0.432. The predicted molar refractivity (Wildman–Crippen MR) is 86.2 cm³/mol. The molecular formula is C15H15N3O6. The van der Waals surface area contributed by atoms with Gasteiger partial charge in [0.25, 0.3) is 11.4 Å². The van der Waals surface area contributed by atoms with E-state index in [9.17, 15) is 20.2 Å². The molecule has 0 unspecified atom stereocenters. The van der Waals surface area contributed by atoms with Gasteiger partial charge in [-0.05, 0) is 23.8 Å². The molecule has 0 radical (unpaired) electrons. The number of aliphatic hydroxyl groups excluding tert-OH is 1. The zero-order valence-electron chi connectivity index (χ0n) is 12.5. The minimum atomic E-state index is -0.685.